The molecule has 0 saturated heterocycles. The quantitative estimate of drug-likeness (QED) is 0.722. The Morgan fingerprint density at radius 3 is 1.62 bits per heavy atom. The molecule has 2 N–H and O–H groups in total. The maximum Gasteiger partial charge on any atom is 0.416 e. The van der Waals surface area contributed by atoms with Gasteiger partial charge in [0.05, 0.1) is 23.2 Å². The first kappa shape index (κ1) is 20.3. The summed E-state index contributed by atoms with van der Waals surface area (Å²) in [5.74, 6) is 0. The molecule has 2 atom stereocenters. The highest BCUT2D eigenvalue weighted by Gasteiger charge is 2.33. The van der Waals surface area contributed by atoms with E-state index in [1.54, 1.807) is 20.2 Å². The fourth-order valence-corrected chi connectivity index (χ4v) is 2.84. The molecular weight excluding hydrogens is 358 g/mol. The van der Waals surface area contributed by atoms with Crippen LogP contribution in [0.3, 0.4) is 0 Å². The largest absolute Gasteiger partial charge is 0.416 e. The highest BCUT2D eigenvalue weighted by molar-refractivity contribution is 5.33. The summed E-state index contributed by atoms with van der Waals surface area (Å²) < 4.78 is 77.0. The number of hydrogen-bond donors (Lipinski definition) is 2. The van der Waals surface area contributed by atoms with Crippen molar-refractivity contribution < 1.29 is 26.3 Å². The normalized spacial score (nSPS) is 14.9. The van der Waals surface area contributed by atoms with Crippen LogP contribution in [-0.2, 0) is 12.4 Å². The molecule has 0 radical (unpaired) electrons. The summed E-state index contributed by atoms with van der Waals surface area (Å²) in [6.07, 6.45) is -8.92. The molecule has 0 aliphatic heterocycles. The van der Waals surface area contributed by atoms with Crippen LogP contribution in [0.25, 0.3) is 0 Å². The van der Waals surface area contributed by atoms with Crippen molar-refractivity contribution in [3.63, 3.8) is 0 Å². The second-order valence-electron chi connectivity index (χ2n) is 5.78. The molecule has 142 valence electrons. The Morgan fingerprint density at radius 1 is 0.654 bits per heavy atom. The molecule has 0 fully saturated rings. The van der Waals surface area contributed by atoms with Crippen LogP contribution in [-0.4, -0.2) is 14.1 Å². The maximum absolute atomic E-state index is 13.0. The summed E-state index contributed by atoms with van der Waals surface area (Å²) in [6, 6.07) is 8.33. The zero-order valence-electron chi connectivity index (χ0n) is 14.0. The van der Waals surface area contributed by atoms with Crippen molar-refractivity contribution >= 4 is 0 Å². The van der Waals surface area contributed by atoms with Gasteiger partial charge in [0.25, 0.3) is 0 Å². The molecule has 2 aromatic carbocycles. The maximum atomic E-state index is 13.0. The van der Waals surface area contributed by atoms with Gasteiger partial charge in [-0.2, -0.15) is 26.3 Å². The van der Waals surface area contributed by atoms with Crippen LogP contribution in [0.15, 0.2) is 48.5 Å². The number of likely N-dealkylation sites (N-methyl/N-ethyl adjacent to an activating group) is 2. The lowest BCUT2D eigenvalue weighted by Crippen LogP contribution is -2.32. The van der Waals surface area contributed by atoms with Crippen molar-refractivity contribution in [2.45, 2.75) is 24.4 Å². The number of alkyl halides is 6. The zero-order valence-corrected chi connectivity index (χ0v) is 14.0. The van der Waals surface area contributed by atoms with Gasteiger partial charge in [-0.3, -0.25) is 0 Å². The molecule has 0 aromatic heterocycles. The van der Waals surface area contributed by atoms with E-state index < -0.39 is 35.6 Å². The Hall–Kier alpha value is -2.06. The van der Waals surface area contributed by atoms with E-state index in [1.165, 1.54) is 18.2 Å². The molecule has 0 spiro atoms. The summed E-state index contributed by atoms with van der Waals surface area (Å²) in [5.41, 5.74) is -0.660. The van der Waals surface area contributed by atoms with Crippen LogP contribution in [0.2, 0.25) is 0 Å². The number of benzene rings is 2. The second kappa shape index (κ2) is 7.67. The summed E-state index contributed by atoms with van der Waals surface area (Å²) >= 11 is 0. The third-order valence-electron chi connectivity index (χ3n) is 4.13. The fraction of sp³-hybridized carbons (Fsp3) is 0.333. The van der Waals surface area contributed by atoms with Crippen LogP contribution in [0.1, 0.15) is 34.3 Å². The minimum Gasteiger partial charge on any atom is -0.311 e. The van der Waals surface area contributed by atoms with Gasteiger partial charge in [0.2, 0.25) is 0 Å². The monoisotopic (exact) mass is 376 g/mol. The zero-order chi connectivity index (χ0) is 19.5. The van der Waals surface area contributed by atoms with Gasteiger partial charge in [0, 0.05) is 0 Å². The first-order valence-electron chi connectivity index (χ1n) is 7.76. The summed E-state index contributed by atoms with van der Waals surface area (Å²) in [5, 5.41) is 5.90. The highest BCUT2D eigenvalue weighted by Crippen LogP contribution is 2.35. The highest BCUT2D eigenvalue weighted by atomic mass is 19.4. The summed E-state index contributed by atoms with van der Waals surface area (Å²) in [7, 11) is 3.18. The van der Waals surface area contributed by atoms with Crippen LogP contribution in [0.5, 0.6) is 0 Å². The number of halogens is 6. The van der Waals surface area contributed by atoms with E-state index in [2.05, 4.69) is 10.6 Å². The van der Waals surface area contributed by atoms with Gasteiger partial charge in [0.15, 0.2) is 0 Å². The van der Waals surface area contributed by atoms with E-state index >= 15 is 0 Å². The van der Waals surface area contributed by atoms with Crippen LogP contribution in [0.4, 0.5) is 26.3 Å². The standard InChI is InChI=1S/C18H18F6N2/c1-25-15(11-6-8-13(9-7-11)17(19,20)21)16(26-2)12-4-3-5-14(10-12)18(22,23)24/h3-10,15-16,25-26H,1-2H3/t15-,16-/m1/s1. The van der Waals surface area contributed by atoms with Crippen LogP contribution < -0.4 is 10.6 Å². The average molecular weight is 376 g/mol. The Labute approximate surface area is 147 Å². The second-order valence-corrected chi connectivity index (χ2v) is 5.78. The predicted octanol–water partition coefficient (Wildman–Crippen LogP) is 4.95. The SMILES string of the molecule is CN[C@H](c1ccc(C(F)(F)F)cc1)[C@H](NC)c1cccc(C(F)(F)F)c1. The molecule has 0 aliphatic carbocycles. The smallest absolute Gasteiger partial charge is 0.311 e. The molecule has 0 amide bonds. The van der Waals surface area contributed by atoms with Crippen LogP contribution >= 0.6 is 0 Å². The number of nitrogens with one attached hydrogen (secondary N) is 2. The van der Waals surface area contributed by atoms with E-state index in [-0.39, 0.29) is 0 Å². The molecule has 8 heteroatoms. The molecule has 0 aliphatic rings. The summed E-state index contributed by atoms with van der Waals surface area (Å²) in [6.45, 7) is 0. The minimum atomic E-state index is -4.47. The number of hydrogen-bond acceptors (Lipinski definition) is 2. The van der Waals surface area contributed by atoms with Gasteiger partial charge in [-0.1, -0.05) is 24.3 Å². The third kappa shape index (κ3) is 4.56. The lowest BCUT2D eigenvalue weighted by atomic mass is 9.92. The molecule has 0 saturated carbocycles. The Morgan fingerprint density at radius 2 is 1.15 bits per heavy atom. The predicted molar refractivity (Wildman–Crippen MR) is 86.5 cm³/mol. The van der Waals surface area contributed by atoms with Crippen molar-refractivity contribution in [1.82, 2.24) is 10.6 Å². The molecule has 2 aromatic rings. The third-order valence-corrected chi connectivity index (χ3v) is 4.13. The Kier molecular flexibility index (Phi) is 5.98. The van der Waals surface area contributed by atoms with Gasteiger partial charge >= 0.3 is 12.4 Å². The van der Waals surface area contributed by atoms with E-state index in [4.69, 9.17) is 0 Å². The Balaban J connectivity index is 2.38. The molecule has 2 nitrogen and oxygen atoms in total. The van der Waals surface area contributed by atoms with Crippen molar-refractivity contribution in [2.75, 3.05) is 14.1 Å². The van der Waals surface area contributed by atoms with E-state index in [0.29, 0.717) is 11.1 Å². The van der Waals surface area contributed by atoms with Crippen molar-refractivity contribution in [3.8, 4) is 0 Å². The van der Waals surface area contributed by atoms with Gasteiger partial charge in [0.1, 0.15) is 0 Å². The summed E-state index contributed by atoms with van der Waals surface area (Å²) in [4.78, 5) is 0. The van der Waals surface area contributed by atoms with Gasteiger partial charge in [-0.15, -0.1) is 0 Å². The van der Waals surface area contributed by atoms with Crippen molar-refractivity contribution in [1.29, 1.82) is 0 Å². The lowest BCUT2D eigenvalue weighted by molar-refractivity contribution is -0.138. The van der Waals surface area contributed by atoms with Gasteiger partial charge < -0.3 is 10.6 Å². The fourth-order valence-electron chi connectivity index (χ4n) is 2.84. The lowest BCUT2D eigenvalue weighted by Gasteiger charge is -2.28. The van der Waals surface area contributed by atoms with Crippen LogP contribution in [0, 0.1) is 0 Å². The molecule has 2 rings (SSSR count). The Bertz CT molecular complexity index is 722. The minimum absolute atomic E-state index is 0.376. The molecule has 26 heavy (non-hydrogen) atoms. The van der Waals surface area contributed by atoms with E-state index in [9.17, 15) is 26.3 Å². The number of rotatable bonds is 5. The molecule has 0 unspecified atom stereocenters. The molecule has 0 bridgehead atoms. The van der Waals surface area contributed by atoms with Gasteiger partial charge in [-0.25, -0.2) is 0 Å². The van der Waals surface area contributed by atoms with Crippen molar-refractivity contribution in [3.05, 3.63) is 70.8 Å². The topological polar surface area (TPSA) is 24.1 Å². The average Bonchev–Trinajstić information content (AvgIpc) is 2.58. The first-order chi connectivity index (χ1) is 12.1. The molecule has 0 heterocycles. The van der Waals surface area contributed by atoms with E-state index in [1.807, 2.05) is 0 Å². The molecular formula is C18H18F6N2. The first-order valence-corrected chi connectivity index (χ1v) is 7.76. The van der Waals surface area contributed by atoms with E-state index in [0.717, 1.165) is 24.3 Å². The van der Waals surface area contributed by atoms with Crippen molar-refractivity contribution in [2.24, 2.45) is 0 Å². The van der Waals surface area contributed by atoms with Gasteiger partial charge in [-0.05, 0) is 49.5 Å².